The smallest absolute Gasteiger partial charge is 0.494 e. The topological polar surface area (TPSA) is 127 Å². The molecule has 0 radical (unpaired) electrons. The summed E-state index contributed by atoms with van der Waals surface area (Å²) in [5.74, 6) is -0.788. The molecule has 13 heteroatoms. The van der Waals surface area contributed by atoms with E-state index in [1.54, 1.807) is 36.0 Å². The maximum absolute atomic E-state index is 12.0. The van der Waals surface area contributed by atoms with Gasteiger partial charge in [0, 0.05) is 18.4 Å². The van der Waals surface area contributed by atoms with E-state index in [0.717, 1.165) is 17.0 Å². The molecule has 37 heavy (non-hydrogen) atoms. The zero-order valence-corrected chi connectivity index (χ0v) is 24.2. The van der Waals surface area contributed by atoms with Gasteiger partial charge >= 0.3 is 35.5 Å². The molecule has 1 aromatic heterocycles. The van der Waals surface area contributed by atoms with Crippen molar-refractivity contribution in [1.82, 2.24) is 15.5 Å². The number of hydroxylamine groups is 2. The summed E-state index contributed by atoms with van der Waals surface area (Å²) in [6.45, 7) is 2.04. The zero-order valence-electron chi connectivity index (χ0n) is 20.5. The molecule has 1 aromatic carbocycles. The van der Waals surface area contributed by atoms with Crippen molar-refractivity contribution >= 4 is 51.0 Å². The first-order chi connectivity index (χ1) is 17.4. The number of imide groups is 1. The van der Waals surface area contributed by atoms with Gasteiger partial charge in [-0.25, -0.2) is 15.2 Å². The summed E-state index contributed by atoms with van der Waals surface area (Å²) >= 11 is 0. The van der Waals surface area contributed by atoms with E-state index in [2.05, 4.69) is 15.5 Å². The van der Waals surface area contributed by atoms with Gasteiger partial charge in [-0.15, -0.1) is 5.06 Å². The molecule has 0 aliphatic carbocycles. The molecular weight excluding hydrogens is 527 g/mol. The Morgan fingerprint density at radius 3 is 2.62 bits per heavy atom. The molecule has 0 spiro atoms. The maximum atomic E-state index is 12.0. The number of carbonyl (C=O) groups is 4. The molecular formula is C24H25N4NaO6S2. The van der Waals surface area contributed by atoms with Gasteiger partial charge in [0.1, 0.15) is 16.7 Å². The van der Waals surface area contributed by atoms with Crippen LogP contribution in [0.2, 0.25) is 0 Å². The van der Waals surface area contributed by atoms with Crippen LogP contribution in [0.25, 0.3) is 0 Å². The van der Waals surface area contributed by atoms with Crippen LogP contribution in [-0.4, -0.2) is 51.8 Å². The van der Waals surface area contributed by atoms with Crippen molar-refractivity contribution in [2.45, 2.75) is 37.6 Å². The Hall–Kier alpha value is -2.51. The summed E-state index contributed by atoms with van der Waals surface area (Å²) in [5, 5.41) is 5.53. The van der Waals surface area contributed by atoms with Gasteiger partial charge in [-0.1, -0.05) is 23.3 Å². The number of carbonyl (C=O) groups excluding carboxylic acids is 4. The van der Waals surface area contributed by atoms with Gasteiger partial charge < -0.3 is 14.4 Å². The second-order valence-electron chi connectivity index (χ2n) is 7.43. The average Bonchev–Trinajstić information content (AvgIpc) is 3.20. The molecule has 1 aliphatic rings. The van der Waals surface area contributed by atoms with Crippen molar-refractivity contribution in [3.63, 3.8) is 0 Å². The fraction of sp³-hybridized carbons (Fsp3) is 0.292. The number of hydrazone groups is 1. The molecule has 0 bridgehead atoms. The van der Waals surface area contributed by atoms with E-state index in [4.69, 9.17) is 9.57 Å². The van der Waals surface area contributed by atoms with E-state index in [-0.39, 0.29) is 54.9 Å². The summed E-state index contributed by atoms with van der Waals surface area (Å²) in [6.07, 6.45) is 3.52. The average molecular weight is 553 g/mol. The Morgan fingerprint density at radius 2 is 1.95 bits per heavy atom. The number of hydrogen-bond acceptors (Lipinski definition) is 10. The van der Waals surface area contributed by atoms with Crippen molar-refractivity contribution in [2.24, 2.45) is 5.10 Å². The summed E-state index contributed by atoms with van der Waals surface area (Å²) in [6, 6.07) is 12.8. The predicted octanol–water partition coefficient (Wildman–Crippen LogP) is 0.337. The van der Waals surface area contributed by atoms with Crippen molar-refractivity contribution < 1.29 is 58.3 Å². The third-order valence-corrected chi connectivity index (χ3v) is 6.95. The molecule has 3 rings (SSSR count). The molecule has 1 N–H and O–H groups in total. The summed E-state index contributed by atoms with van der Waals surface area (Å²) < 4.78 is 5.61. The summed E-state index contributed by atoms with van der Waals surface area (Å²) in [7, 11) is 3.09. The third-order valence-electron chi connectivity index (χ3n) is 4.68. The molecule has 0 unspecified atom stereocenters. The first-order valence-corrected chi connectivity index (χ1v) is 13.4. The second-order valence-corrected chi connectivity index (χ2v) is 9.87. The van der Waals surface area contributed by atoms with Gasteiger partial charge in [-0.2, -0.15) is 5.10 Å². The number of amides is 3. The molecule has 2 aromatic rings. The van der Waals surface area contributed by atoms with E-state index >= 15 is 0 Å². The minimum atomic E-state index is -0.676. The first-order valence-electron chi connectivity index (χ1n) is 11.1. The number of rotatable bonds is 13. The quantitative estimate of drug-likeness (QED) is 0.0712. The number of hydrogen-bond donors (Lipinski definition) is 1. The summed E-state index contributed by atoms with van der Waals surface area (Å²) in [5.41, 5.74) is 4.04. The molecule has 0 atom stereocenters. The van der Waals surface area contributed by atoms with Crippen molar-refractivity contribution in [3.05, 3.63) is 60.6 Å². The first kappa shape index (κ1) is 30.7. The standard InChI is InChI=1S/C24H25N4O6S2.Na/c1-17(26-27-20(29)13-16-35-36-21-5-2-3-14-25-21)18-7-9-19(10-8-18)33-15-4-6-24(32)34-28-22(30)11-12-23(28)31;/h2-3,5,7-11,14H,4,6,12-13,15-16H2,1H3,(H,27,29);/q-1;+1/b26-17+;. The van der Waals surface area contributed by atoms with Crippen LogP contribution in [0.15, 0.2) is 58.8 Å². The fourth-order valence-electron chi connectivity index (χ4n) is 2.81. The maximum Gasteiger partial charge on any atom is 1.00 e. The van der Waals surface area contributed by atoms with Crippen LogP contribution < -0.4 is 39.7 Å². The Labute approximate surface area is 245 Å². The van der Waals surface area contributed by atoms with E-state index < -0.39 is 17.8 Å². The molecule has 1 aliphatic heterocycles. The van der Waals surface area contributed by atoms with Crippen molar-refractivity contribution in [3.8, 4) is 5.75 Å². The second kappa shape index (κ2) is 16.4. The van der Waals surface area contributed by atoms with Gasteiger partial charge in [-0.3, -0.25) is 16.0 Å². The molecule has 190 valence electrons. The van der Waals surface area contributed by atoms with Gasteiger partial charge in [0.15, 0.2) is 0 Å². The van der Waals surface area contributed by atoms with Gasteiger partial charge in [0.05, 0.1) is 18.7 Å². The molecule has 2 heterocycles. The van der Waals surface area contributed by atoms with Crippen LogP contribution in [-0.2, 0) is 24.0 Å². The van der Waals surface area contributed by atoms with Gasteiger partial charge in [0.2, 0.25) is 11.8 Å². The molecule has 0 saturated carbocycles. The minimum absolute atomic E-state index is 0. The van der Waals surface area contributed by atoms with E-state index in [1.807, 2.05) is 30.3 Å². The van der Waals surface area contributed by atoms with Crippen molar-refractivity contribution in [2.75, 3.05) is 12.4 Å². The summed E-state index contributed by atoms with van der Waals surface area (Å²) in [4.78, 5) is 55.6. The monoisotopic (exact) mass is 552 g/mol. The molecule has 10 nitrogen and oxygen atoms in total. The molecule has 1 fully saturated rings. The Balaban J connectivity index is 0.00000481. The third kappa shape index (κ3) is 10.8. The van der Waals surface area contributed by atoms with Gasteiger partial charge in [0.25, 0.3) is 0 Å². The van der Waals surface area contributed by atoms with Crippen LogP contribution in [0.5, 0.6) is 5.75 Å². The van der Waals surface area contributed by atoms with Crippen LogP contribution >= 0.6 is 21.6 Å². The number of nitrogens with zero attached hydrogens (tertiary/aromatic N) is 3. The Morgan fingerprint density at radius 1 is 1.16 bits per heavy atom. The predicted molar refractivity (Wildman–Crippen MR) is 136 cm³/mol. The van der Waals surface area contributed by atoms with E-state index in [9.17, 15) is 19.2 Å². The number of ether oxygens (including phenoxy) is 1. The Kier molecular flexibility index (Phi) is 13.6. The van der Waals surface area contributed by atoms with Crippen LogP contribution in [0, 0.1) is 6.42 Å². The molecule has 3 amide bonds. The number of nitrogens with one attached hydrogen (secondary N) is 1. The SMILES string of the molecule is C/C(=N\NC(=O)CCSSc1ccccn1)c1ccc(OCCCC(=O)ON2C(=O)[CH-]CC2=O)cc1.[Na+]. The normalized spacial score (nSPS) is 13.0. The number of pyridine rings is 1. The van der Waals surface area contributed by atoms with Crippen LogP contribution in [0.1, 0.15) is 38.2 Å². The van der Waals surface area contributed by atoms with Crippen LogP contribution in [0.4, 0.5) is 0 Å². The van der Waals surface area contributed by atoms with Crippen molar-refractivity contribution in [1.29, 1.82) is 0 Å². The van der Waals surface area contributed by atoms with E-state index in [1.165, 1.54) is 10.8 Å². The number of aromatic nitrogens is 1. The molecule has 1 saturated heterocycles. The largest absolute Gasteiger partial charge is 1.00 e. The fourth-order valence-corrected chi connectivity index (χ4v) is 4.67. The number of benzene rings is 1. The van der Waals surface area contributed by atoms with Crippen LogP contribution in [0.3, 0.4) is 0 Å². The minimum Gasteiger partial charge on any atom is -0.494 e. The zero-order chi connectivity index (χ0) is 25.8. The van der Waals surface area contributed by atoms with E-state index in [0.29, 0.717) is 35.1 Å². The Bertz CT molecular complexity index is 1090. The van der Waals surface area contributed by atoms with Gasteiger partial charge in [-0.05, 0) is 66.1 Å².